The van der Waals surface area contributed by atoms with Crippen LogP contribution in [-0.2, 0) is 11.8 Å². The van der Waals surface area contributed by atoms with E-state index in [1.165, 1.54) is 35.1 Å². The standard InChI is InChI=1S/C19H24N2/c1-14-7-6-8-15(2)17(14)13-18(21-20)19(11-12-19)16-9-4-3-5-10-16/h3-10,18,21H,11-13,20H2,1-2H3. The Labute approximate surface area is 127 Å². The fourth-order valence-electron chi connectivity index (χ4n) is 3.53. The molecule has 21 heavy (non-hydrogen) atoms. The van der Waals surface area contributed by atoms with Gasteiger partial charge in [0.05, 0.1) is 0 Å². The van der Waals surface area contributed by atoms with Crippen LogP contribution < -0.4 is 11.3 Å². The van der Waals surface area contributed by atoms with Crippen molar-refractivity contribution in [1.29, 1.82) is 0 Å². The maximum Gasteiger partial charge on any atom is 0.0347 e. The molecule has 0 heterocycles. The first kappa shape index (κ1) is 14.3. The smallest absolute Gasteiger partial charge is 0.0347 e. The van der Waals surface area contributed by atoms with Gasteiger partial charge in [-0.3, -0.25) is 11.3 Å². The summed E-state index contributed by atoms with van der Waals surface area (Å²) in [5, 5.41) is 0. The predicted molar refractivity (Wildman–Crippen MR) is 88.1 cm³/mol. The molecule has 3 rings (SSSR count). The van der Waals surface area contributed by atoms with Gasteiger partial charge in [0.25, 0.3) is 0 Å². The molecule has 0 radical (unpaired) electrons. The number of rotatable bonds is 5. The van der Waals surface area contributed by atoms with Gasteiger partial charge in [-0.05, 0) is 55.4 Å². The van der Waals surface area contributed by atoms with Gasteiger partial charge >= 0.3 is 0 Å². The van der Waals surface area contributed by atoms with E-state index in [0.29, 0.717) is 6.04 Å². The van der Waals surface area contributed by atoms with Crippen molar-refractivity contribution in [2.45, 2.75) is 44.6 Å². The van der Waals surface area contributed by atoms with E-state index in [0.717, 1.165) is 6.42 Å². The Balaban J connectivity index is 1.90. The van der Waals surface area contributed by atoms with Crippen LogP contribution in [0.1, 0.15) is 35.1 Å². The lowest BCUT2D eigenvalue weighted by atomic mass is 9.83. The first-order valence-corrected chi connectivity index (χ1v) is 7.74. The van der Waals surface area contributed by atoms with E-state index in [1.54, 1.807) is 0 Å². The Morgan fingerprint density at radius 3 is 2.14 bits per heavy atom. The Hall–Kier alpha value is -1.64. The molecule has 110 valence electrons. The van der Waals surface area contributed by atoms with Crippen LogP contribution in [0.15, 0.2) is 48.5 Å². The van der Waals surface area contributed by atoms with E-state index in [9.17, 15) is 0 Å². The second-order valence-corrected chi connectivity index (χ2v) is 6.32. The van der Waals surface area contributed by atoms with E-state index in [-0.39, 0.29) is 5.41 Å². The average molecular weight is 280 g/mol. The molecule has 2 aromatic rings. The summed E-state index contributed by atoms with van der Waals surface area (Å²) in [6, 6.07) is 17.6. The third kappa shape index (κ3) is 2.61. The molecule has 1 atom stereocenters. The SMILES string of the molecule is Cc1cccc(C)c1CC(NN)C1(c2ccccc2)CC1. The van der Waals surface area contributed by atoms with E-state index in [4.69, 9.17) is 5.84 Å². The van der Waals surface area contributed by atoms with Gasteiger partial charge in [0.2, 0.25) is 0 Å². The van der Waals surface area contributed by atoms with Gasteiger partial charge in [0, 0.05) is 11.5 Å². The molecule has 0 saturated heterocycles. The molecular formula is C19H24N2. The maximum absolute atomic E-state index is 5.93. The molecule has 0 spiro atoms. The molecule has 3 N–H and O–H groups in total. The lowest BCUT2D eigenvalue weighted by molar-refractivity contribution is 0.419. The van der Waals surface area contributed by atoms with Gasteiger partial charge in [-0.15, -0.1) is 0 Å². The zero-order chi connectivity index (χ0) is 14.9. The van der Waals surface area contributed by atoms with E-state index in [1.807, 2.05) is 0 Å². The molecule has 0 aliphatic heterocycles. The van der Waals surface area contributed by atoms with E-state index < -0.39 is 0 Å². The second kappa shape index (κ2) is 5.63. The number of nitrogens with two attached hydrogens (primary N) is 1. The summed E-state index contributed by atoms with van der Waals surface area (Å²) in [5.41, 5.74) is 8.89. The fourth-order valence-corrected chi connectivity index (χ4v) is 3.53. The van der Waals surface area contributed by atoms with Crippen LogP contribution in [0.4, 0.5) is 0 Å². The molecular weight excluding hydrogens is 256 g/mol. The van der Waals surface area contributed by atoms with Crippen molar-refractivity contribution in [3.05, 3.63) is 70.8 Å². The molecule has 2 heteroatoms. The van der Waals surface area contributed by atoms with Crippen LogP contribution in [-0.4, -0.2) is 6.04 Å². The topological polar surface area (TPSA) is 38.0 Å². The predicted octanol–water partition coefficient (Wildman–Crippen LogP) is 3.41. The Kier molecular flexibility index (Phi) is 3.83. The highest BCUT2D eigenvalue weighted by molar-refractivity contribution is 5.38. The molecule has 1 unspecified atom stereocenters. The van der Waals surface area contributed by atoms with Crippen molar-refractivity contribution in [2.24, 2.45) is 5.84 Å². The summed E-state index contributed by atoms with van der Waals surface area (Å²) in [6.45, 7) is 4.38. The average Bonchev–Trinajstić information content (AvgIpc) is 3.30. The molecule has 0 amide bonds. The molecule has 0 bridgehead atoms. The fraction of sp³-hybridized carbons (Fsp3) is 0.368. The monoisotopic (exact) mass is 280 g/mol. The molecule has 0 aromatic heterocycles. The van der Waals surface area contributed by atoms with E-state index >= 15 is 0 Å². The highest BCUT2D eigenvalue weighted by Gasteiger charge is 2.50. The van der Waals surface area contributed by atoms with E-state index in [2.05, 4.69) is 67.8 Å². The Morgan fingerprint density at radius 2 is 1.62 bits per heavy atom. The minimum absolute atomic E-state index is 0.213. The summed E-state index contributed by atoms with van der Waals surface area (Å²) < 4.78 is 0. The van der Waals surface area contributed by atoms with Gasteiger partial charge in [-0.2, -0.15) is 0 Å². The Morgan fingerprint density at radius 1 is 1.00 bits per heavy atom. The molecule has 1 aliphatic carbocycles. The quantitative estimate of drug-likeness (QED) is 0.650. The first-order chi connectivity index (χ1) is 10.2. The molecule has 1 aliphatic rings. The van der Waals surface area contributed by atoms with Gasteiger partial charge in [0.15, 0.2) is 0 Å². The minimum atomic E-state index is 0.213. The maximum atomic E-state index is 5.93. The number of nitrogens with one attached hydrogen (secondary N) is 1. The minimum Gasteiger partial charge on any atom is -0.271 e. The highest BCUT2D eigenvalue weighted by Crippen LogP contribution is 2.51. The zero-order valence-electron chi connectivity index (χ0n) is 12.9. The van der Waals surface area contributed by atoms with Gasteiger partial charge in [-0.25, -0.2) is 0 Å². The summed E-state index contributed by atoms with van der Waals surface area (Å²) in [7, 11) is 0. The summed E-state index contributed by atoms with van der Waals surface area (Å²) in [4.78, 5) is 0. The first-order valence-electron chi connectivity index (χ1n) is 7.74. The number of hydrogen-bond acceptors (Lipinski definition) is 2. The highest BCUT2D eigenvalue weighted by atomic mass is 15.2. The van der Waals surface area contributed by atoms with Crippen molar-refractivity contribution >= 4 is 0 Å². The van der Waals surface area contributed by atoms with Crippen LogP contribution >= 0.6 is 0 Å². The van der Waals surface area contributed by atoms with Crippen molar-refractivity contribution < 1.29 is 0 Å². The molecule has 2 aromatic carbocycles. The lowest BCUT2D eigenvalue weighted by Crippen LogP contribution is -2.45. The number of hydrogen-bond donors (Lipinski definition) is 2. The summed E-state index contributed by atoms with van der Waals surface area (Å²) >= 11 is 0. The zero-order valence-corrected chi connectivity index (χ0v) is 12.9. The van der Waals surface area contributed by atoms with Crippen molar-refractivity contribution in [1.82, 2.24) is 5.43 Å². The molecule has 1 saturated carbocycles. The normalized spacial score (nSPS) is 17.5. The van der Waals surface area contributed by atoms with Gasteiger partial charge < -0.3 is 0 Å². The number of aryl methyl sites for hydroxylation is 2. The van der Waals surface area contributed by atoms with Crippen LogP contribution in [0.25, 0.3) is 0 Å². The number of hydrazine groups is 1. The third-order valence-electron chi connectivity index (χ3n) is 5.06. The molecule has 2 nitrogen and oxygen atoms in total. The van der Waals surface area contributed by atoms with Crippen LogP contribution in [0.2, 0.25) is 0 Å². The Bertz CT molecular complexity index is 594. The molecule has 1 fully saturated rings. The van der Waals surface area contributed by atoms with Crippen LogP contribution in [0, 0.1) is 13.8 Å². The third-order valence-corrected chi connectivity index (χ3v) is 5.06. The van der Waals surface area contributed by atoms with Crippen molar-refractivity contribution in [2.75, 3.05) is 0 Å². The van der Waals surface area contributed by atoms with Crippen LogP contribution in [0.3, 0.4) is 0 Å². The summed E-state index contributed by atoms with van der Waals surface area (Å²) in [5.74, 6) is 5.93. The van der Waals surface area contributed by atoms with Crippen molar-refractivity contribution in [3.63, 3.8) is 0 Å². The van der Waals surface area contributed by atoms with Crippen molar-refractivity contribution in [3.8, 4) is 0 Å². The largest absolute Gasteiger partial charge is 0.271 e. The lowest BCUT2D eigenvalue weighted by Gasteiger charge is -2.28. The second-order valence-electron chi connectivity index (χ2n) is 6.32. The van der Waals surface area contributed by atoms with Gasteiger partial charge in [-0.1, -0.05) is 48.5 Å². The van der Waals surface area contributed by atoms with Gasteiger partial charge in [0.1, 0.15) is 0 Å². The van der Waals surface area contributed by atoms with Crippen LogP contribution in [0.5, 0.6) is 0 Å². The summed E-state index contributed by atoms with van der Waals surface area (Å²) in [6.07, 6.45) is 3.43. The number of benzene rings is 2.